The molecule has 4 rings (SSSR count). The lowest BCUT2D eigenvalue weighted by atomic mass is 9.70. The Morgan fingerprint density at radius 1 is 0.484 bits per heavy atom. The molecule has 0 aliphatic carbocycles. The van der Waals surface area contributed by atoms with Gasteiger partial charge in [-0.3, -0.25) is 4.79 Å². The van der Waals surface area contributed by atoms with Crippen LogP contribution in [0.25, 0.3) is 0 Å². The molecule has 0 radical (unpaired) electrons. The highest BCUT2D eigenvalue weighted by molar-refractivity contribution is 5.82. The second-order valence-corrected chi connectivity index (χ2v) is 14.2. The van der Waals surface area contributed by atoms with E-state index in [0.717, 1.165) is 46.0 Å². The van der Waals surface area contributed by atoms with E-state index in [4.69, 9.17) is 28.4 Å². The summed E-state index contributed by atoms with van der Waals surface area (Å²) < 4.78 is 31.0. The summed E-state index contributed by atoms with van der Waals surface area (Å²) in [7, 11) is 0. The van der Waals surface area contributed by atoms with Gasteiger partial charge in [0, 0.05) is 35.5 Å². The fourth-order valence-electron chi connectivity index (χ4n) is 6.18. The zero-order valence-electron chi connectivity index (χ0n) is 34.9. The van der Waals surface area contributed by atoms with E-state index in [1.807, 2.05) is 36.4 Å². The number of esters is 4. The van der Waals surface area contributed by atoms with E-state index in [-0.39, 0.29) is 39.3 Å². The van der Waals surface area contributed by atoms with Gasteiger partial charge in [-0.25, -0.2) is 24.0 Å². The molecule has 4 aromatic rings. The summed E-state index contributed by atoms with van der Waals surface area (Å²) in [5.74, 6) is -1.24. The van der Waals surface area contributed by atoms with Gasteiger partial charge in [0.2, 0.25) is 0 Å². The van der Waals surface area contributed by atoms with Crippen LogP contribution in [-0.4, -0.2) is 69.0 Å². The largest absolute Gasteiger partial charge is 0.463 e. The Morgan fingerprint density at radius 2 is 0.806 bits per heavy atom. The summed E-state index contributed by atoms with van der Waals surface area (Å²) in [6.07, 6.45) is 2.07. The van der Waals surface area contributed by atoms with Crippen molar-refractivity contribution in [1.82, 2.24) is 10.6 Å². The van der Waals surface area contributed by atoms with E-state index in [1.165, 1.54) is 0 Å². The summed E-state index contributed by atoms with van der Waals surface area (Å²) in [6.45, 7) is 16.4. The molecule has 14 heteroatoms. The van der Waals surface area contributed by atoms with Crippen molar-refractivity contribution in [3.8, 4) is 17.2 Å². The molecule has 1 atom stereocenters. The van der Waals surface area contributed by atoms with Crippen molar-refractivity contribution < 1.29 is 57.2 Å². The summed E-state index contributed by atoms with van der Waals surface area (Å²) in [5.41, 5.74) is 3.44. The summed E-state index contributed by atoms with van der Waals surface area (Å²) >= 11 is 0. The zero-order valence-corrected chi connectivity index (χ0v) is 34.9. The molecule has 0 bridgehead atoms. The second kappa shape index (κ2) is 22.8. The smallest absolute Gasteiger partial charge is 0.412 e. The van der Waals surface area contributed by atoms with Crippen LogP contribution < -0.4 is 24.8 Å². The van der Waals surface area contributed by atoms with Crippen molar-refractivity contribution in [3.63, 3.8) is 0 Å². The Bertz CT molecular complexity index is 2130. The lowest BCUT2D eigenvalue weighted by molar-refractivity contribution is -0.140. The number of ether oxygens (including phenoxy) is 6. The molecule has 0 aliphatic heterocycles. The first-order chi connectivity index (χ1) is 29.7. The third-order valence-corrected chi connectivity index (χ3v) is 9.78. The van der Waals surface area contributed by atoms with Gasteiger partial charge >= 0.3 is 36.1 Å². The average molecular weight is 847 g/mol. The number of nitrogens with one attached hydrogen (secondary N) is 2. The number of benzene rings is 4. The fourth-order valence-corrected chi connectivity index (χ4v) is 6.18. The van der Waals surface area contributed by atoms with Crippen LogP contribution in [0.1, 0.15) is 61.4 Å². The third-order valence-electron chi connectivity index (χ3n) is 9.78. The van der Waals surface area contributed by atoms with Crippen molar-refractivity contribution in [2.24, 2.45) is 0 Å². The topological polar surface area (TPSA) is 182 Å². The minimum atomic E-state index is -0.761. The number of carbonyl (C=O) groups excluding carboxylic acids is 6. The number of rotatable bonds is 21. The molecule has 0 aromatic heterocycles. The van der Waals surface area contributed by atoms with Gasteiger partial charge in [0.05, 0.1) is 19.7 Å². The molecule has 14 nitrogen and oxygen atoms in total. The van der Waals surface area contributed by atoms with E-state index in [2.05, 4.69) is 75.4 Å². The molecule has 0 saturated carbocycles. The van der Waals surface area contributed by atoms with Gasteiger partial charge in [-0.15, -0.1) is 0 Å². The van der Waals surface area contributed by atoms with E-state index < -0.39 is 46.9 Å². The maximum atomic E-state index is 12.5. The first-order valence-electron chi connectivity index (χ1n) is 19.6. The van der Waals surface area contributed by atoms with Crippen molar-refractivity contribution in [3.05, 3.63) is 163 Å². The van der Waals surface area contributed by atoms with Gasteiger partial charge in [-0.2, -0.15) is 0 Å². The normalized spacial score (nSPS) is 11.7. The van der Waals surface area contributed by atoms with Crippen LogP contribution in [0, 0.1) is 0 Å². The van der Waals surface area contributed by atoms with Gasteiger partial charge in [0.1, 0.15) is 30.5 Å². The zero-order chi connectivity index (χ0) is 45.1. The molecule has 62 heavy (non-hydrogen) atoms. The van der Waals surface area contributed by atoms with Crippen molar-refractivity contribution in [1.29, 1.82) is 0 Å². The van der Waals surface area contributed by atoms with E-state index in [9.17, 15) is 28.8 Å². The third kappa shape index (κ3) is 13.5. The van der Waals surface area contributed by atoms with Crippen molar-refractivity contribution in [2.75, 3.05) is 32.9 Å². The second-order valence-electron chi connectivity index (χ2n) is 14.2. The van der Waals surface area contributed by atoms with Crippen LogP contribution in [-0.2, 0) is 44.2 Å². The van der Waals surface area contributed by atoms with Crippen LogP contribution in [0.4, 0.5) is 9.59 Å². The van der Waals surface area contributed by atoms with Gasteiger partial charge < -0.3 is 39.1 Å². The Labute approximate surface area is 360 Å². The van der Waals surface area contributed by atoms with Gasteiger partial charge in [0.15, 0.2) is 0 Å². The maximum absolute atomic E-state index is 12.5. The Morgan fingerprint density at radius 3 is 1.19 bits per heavy atom. The van der Waals surface area contributed by atoms with E-state index in [0.29, 0.717) is 23.7 Å². The molecule has 0 fully saturated rings. The molecule has 324 valence electrons. The van der Waals surface area contributed by atoms with Gasteiger partial charge in [-0.05, 0) is 77.6 Å². The molecule has 0 spiro atoms. The first-order valence-corrected chi connectivity index (χ1v) is 19.6. The molecule has 2 N–H and O–H groups in total. The lowest BCUT2D eigenvalue weighted by Crippen LogP contribution is -2.30. The quantitative estimate of drug-likeness (QED) is 0.0212. The van der Waals surface area contributed by atoms with Crippen LogP contribution >= 0.6 is 0 Å². The fraction of sp³-hybridized carbons (Fsp3) is 0.250. The average Bonchev–Trinajstić information content (AvgIpc) is 3.28. The molecule has 2 amide bonds. The Hall–Kier alpha value is -7.48. The molecule has 1 unspecified atom stereocenters. The highest BCUT2D eigenvalue weighted by Gasteiger charge is 2.33. The van der Waals surface area contributed by atoms with E-state index in [1.54, 1.807) is 36.4 Å². The molecule has 4 aromatic carbocycles. The van der Waals surface area contributed by atoms with Crippen LogP contribution in [0.3, 0.4) is 0 Å². The number of carbonyl (C=O) groups is 6. The minimum absolute atomic E-state index is 0.0175. The molecule has 0 saturated heterocycles. The SMILES string of the molecule is C=CC(=O)OCCCC(=O)Oc1ccc(C(C)(c2ccc(OC(=O)NCCOC(=O)C=C)cc2)c2ccc(C(C)(C)c3ccc(OC(=O)NCCOC(=O)C=C)cc3)cc2)cc1. The lowest BCUT2D eigenvalue weighted by Gasteiger charge is -2.33. The standard InChI is InChI=1S/C48H50N2O12/c1-7-41(51)57-30-10-11-44(54)60-38-24-18-36(19-25-38)48(6,37-20-26-40(27-21-37)62-46(56)50-29-32-59-43(53)9-3)35-14-12-33(13-15-35)47(4,5)34-16-22-39(23-17-34)61-45(55)49-28-31-58-42(52)8-2/h7-9,12-27H,1-3,10-11,28-32H2,4-6H3,(H,49,55)(H,50,56). The van der Waals surface area contributed by atoms with Crippen LogP contribution in [0.15, 0.2) is 135 Å². The van der Waals surface area contributed by atoms with E-state index >= 15 is 0 Å². The number of hydrogen-bond acceptors (Lipinski definition) is 12. The highest BCUT2D eigenvalue weighted by atomic mass is 16.6. The molecule has 0 heterocycles. The summed E-state index contributed by atoms with van der Waals surface area (Å²) in [5, 5.41) is 5.05. The summed E-state index contributed by atoms with van der Waals surface area (Å²) in [6, 6.07) is 29.7. The van der Waals surface area contributed by atoms with Crippen LogP contribution in [0.5, 0.6) is 17.2 Å². The van der Waals surface area contributed by atoms with Crippen molar-refractivity contribution in [2.45, 2.75) is 44.4 Å². The predicted molar refractivity (Wildman–Crippen MR) is 230 cm³/mol. The molecular formula is C48H50N2O12. The highest BCUT2D eigenvalue weighted by Crippen LogP contribution is 2.41. The molecular weight excluding hydrogens is 797 g/mol. The van der Waals surface area contributed by atoms with Crippen LogP contribution in [0.2, 0.25) is 0 Å². The number of hydrogen-bond donors (Lipinski definition) is 2. The van der Waals surface area contributed by atoms with Gasteiger partial charge in [0.25, 0.3) is 0 Å². The first kappa shape index (κ1) is 47.2. The monoisotopic (exact) mass is 846 g/mol. The molecule has 0 aliphatic rings. The Balaban J connectivity index is 1.53. The van der Waals surface area contributed by atoms with Gasteiger partial charge in [-0.1, -0.05) is 94.2 Å². The number of amides is 2. The maximum Gasteiger partial charge on any atom is 0.412 e. The minimum Gasteiger partial charge on any atom is -0.463 e. The summed E-state index contributed by atoms with van der Waals surface area (Å²) in [4.78, 5) is 70.9. The predicted octanol–water partition coefficient (Wildman–Crippen LogP) is 7.42. The van der Waals surface area contributed by atoms with Crippen molar-refractivity contribution >= 4 is 36.1 Å². The Kier molecular flexibility index (Phi) is 17.3.